The molecular formula is C11H22N2O2S. The normalized spacial score (nSPS) is 22.2. The predicted octanol–water partition coefficient (Wildman–Crippen LogP) is 0.824. The highest BCUT2D eigenvalue weighted by Crippen LogP contribution is 2.14. The number of nitrogens with zero attached hydrogens (tertiary/aromatic N) is 1. The molecule has 0 aromatic heterocycles. The molecule has 0 radical (unpaired) electrons. The van der Waals surface area contributed by atoms with Crippen LogP contribution in [-0.2, 0) is 10.0 Å². The zero-order valence-electron chi connectivity index (χ0n) is 9.98. The summed E-state index contributed by atoms with van der Waals surface area (Å²) in [5.74, 6) is 0.495. The molecule has 0 aliphatic carbocycles. The van der Waals surface area contributed by atoms with E-state index in [1.807, 2.05) is 6.92 Å². The van der Waals surface area contributed by atoms with Gasteiger partial charge >= 0.3 is 0 Å². The van der Waals surface area contributed by atoms with E-state index in [9.17, 15) is 8.42 Å². The van der Waals surface area contributed by atoms with Gasteiger partial charge in [-0.3, -0.25) is 0 Å². The second kappa shape index (κ2) is 6.37. The van der Waals surface area contributed by atoms with Crippen molar-refractivity contribution < 1.29 is 8.42 Å². The SMILES string of the molecule is C=CCS(=O)(=O)N(CC)CC1CCCNC1. The first-order valence-electron chi connectivity index (χ1n) is 5.89. The minimum atomic E-state index is -3.13. The van der Waals surface area contributed by atoms with Crippen molar-refractivity contribution in [3.05, 3.63) is 12.7 Å². The van der Waals surface area contributed by atoms with Crippen LogP contribution >= 0.6 is 0 Å². The van der Waals surface area contributed by atoms with Crippen molar-refractivity contribution in [1.29, 1.82) is 0 Å². The highest BCUT2D eigenvalue weighted by Gasteiger charge is 2.23. The molecule has 1 rings (SSSR count). The van der Waals surface area contributed by atoms with Gasteiger partial charge in [-0.15, -0.1) is 6.58 Å². The van der Waals surface area contributed by atoms with Crippen LogP contribution < -0.4 is 5.32 Å². The van der Waals surface area contributed by atoms with Crippen molar-refractivity contribution >= 4 is 10.0 Å². The van der Waals surface area contributed by atoms with Crippen LogP contribution in [0.25, 0.3) is 0 Å². The Hall–Kier alpha value is -0.390. The summed E-state index contributed by atoms with van der Waals surface area (Å²) in [6.45, 7) is 8.55. The third kappa shape index (κ3) is 3.88. The van der Waals surface area contributed by atoms with Gasteiger partial charge in [0.1, 0.15) is 0 Å². The van der Waals surface area contributed by atoms with Gasteiger partial charge in [0.15, 0.2) is 0 Å². The first kappa shape index (κ1) is 13.7. The summed E-state index contributed by atoms with van der Waals surface area (Å²) in [5.41, 5.74) is 0. The molecule has 1 aliphatic heterocycles. The fourth-order valence-corrected chi connectivity index (χ4v) is 3.40. The lowest BCUT2D eigenvalue weighted by molar-refractivity contribution is 0.298. The molecule has 4 nitrogen and oxygen atoms in total. The van der Waals surface area contributed by atoms with Crippen LogP contribution in [0.1, 0.15) is 19.8 Å². The third-order valence-corrected chi connectivity index (χ3v) is 4.79. The van der Waals surface area contributed by atoms with Crippen LogP contribution in [0.5, 0.6) is 0 Å². The molecule has 16 heavy (non-hydrogen) atoms. The van der Waals surface area contributed by atoms with Gasteiger partial charge in [0.2, 0.25) is 10.0 Å². The molecule has 1 heterocycles. The molecule has 1 atom stereocenters. The monoisotopic (exact) mass is 246 g/mol. The molecule has 0 saturated carbocycles. The first-order valence-corrected chi connectivity index (χ1v) is 7.50. The Morgan fingerprint density at radius 2 is 2.31 bits per heavy atom. The largest absolute Gasteiger partial charge is 0.316 e. The zero-order chi connectivity index (χ0) is 12.0. The molecular weight excluding hydrogens is 224 g/mol. The Kier molecular flexibility index (Phi) is 5.44. The van der Waals surface area contributed by atoms with Crippen LogP contribution in [0.15, 0.2) is 12.7 Å². The van der Waals surface area contributed by atoms with E-state index in [2.05, 4.69) is 11.9 Å². The Morgan fingerprint density at radius 1 is 1.56 bits per heavy atom. The minimum absolute atomic E-state index is 0.0426. The van der Waals surface area contributed by atoms with E-state index in [0.717, 1.165) is 25.9 Å². The molecule has 0 aromatic rings. The average Bonchev–Trinajstić information content (AvgIpc) is 2.27. The topological polar surface area (TPSA) is 49.4 Å². The Morgan fingerprint density at radius 3 is 2.81 bits per heavy atom. The Balaban J connectivity index is 2.56. The maximum absolute atomic E-state index is 11.9. The lowest BCUT2D eigenvalue weighted by Crippen LogP contribution is -2.41. The molecule has 0 bridgehead atoms. The summed E-state index contributed by atoms with van der Waals surface area (Å²) in [6.07, 6.45) is 3.72. The van der Waals surface area contributed by atoms with Crippen LogP contribution in [-0.4, -0.2) is 44.7 Å². The van der Waals surface area contributed by atoms with Gasteiger partial charge in [0.05, 0.1) is 5.75 Å². The molecule has 1 aliphatic rings. The van der Waals surface area contributed by atoms with E-state index in [1.54, 1.807) is 4.31 Å². The van der Waals surface area contributed by atoms with Crippen molar-refractivity contribution in [3.8, 4) is 0 Å². The third-order valence-electron chi connectivity index (χ3n) is 2.94. The van der Waals surface area contributed by atoms with Crippen LogP contribution in [0, 0.1) is 5.92 Å². The second-order valence-corrected chi connectivity index (χ2v) is 6.24. The van der Waals surface area contributed by atoms with E-state index in [0.29, 0.717) is 19.0 Å². The Labute approximate surface area is 98.8 Å². The molecule has 0 amide bonds. The lowest BCUT2D eigenvalue weighted by atomic mass is 10.00. The van der Waals surface area contributed by atoms with E-state index >= 15 is 0 Å². The van der Waals surface area contributed by atoms with Crippen LogP contribution in [0.2, 0.25) is 0 Å². The first-order chi connectivity index (χ1) is 7.60. The standard InChI is InChI=1S/C11H22N2O2S/c1-3-8-16(14,15)13(4-2)10-11-6-5-7-12-9-11/h3,11-12H,1,4-10H2,2H3. The number of sulfonamides is 1. The van der Waals surface area contributed by atoms with Crippen molar-refractivity contribution in [2.24, 2.45) is 5.92 Å². The number of rotatable bonds is 6. The second-order valence-electron chi connectivity index (χ2n) is 4.23. The minimum Gasteiger partial charge on any atom is -0.316 e. The van der Waals surface area contributed by atoms with Crippen LogP contribution in [0.3, 0.4) is 0 Å². The maximum Gasteiger partial charge on any atom is 0.217 e. The van der Waals surface area contributed by atoms with Crippen molar-refractivity contribution in [2.45, 2.75) is 19.8 Å². The molecule has 1 unspecified atom stereocenters. The van der Waals surface area contributed by atoms with Gasteiger partial charge in [-0.1, -0.05) is 13.0 Å². The highest BCUT2D eigenvalue weighted by atomic mass is 32.2. The number of hydrogen-bond donors (Lipinski definition) is 1. The Bertz CT molecular complexity index is 308. The number of piperidine rings is 1. The average molecular weight is 246 g/mol. The van der Waals surface area contributed by atoms with Gasteiger partial charge in [0, 0.05) is 13.1 Å². The maximum atomic E-state index is 11.9. The number of hydrogen-bond acceptors (Lipinski definition) is 3. The molecule has 0 aromatic carbocycles. The highest BCUT2D eigenvalue weighted by molar-refractivity contribution is 7.89. The van der Waals surface area contributed by atoms with E-state index in [4.69, 9.17) is 0 Å². The fraction of sp³-hybridized carbons (Fsp3) is 0.818. The molecule has 5 heteroatoms. The lowest BCUT2D eigenvalue weighted by Gasteiger charge is -2.28. The van der Waals surface area contributed by atoms with Gasteiger partial charge in [-0.25, -0.2) is 12.7 Å². The molecule has 1 N–H and O–H groups in total. The smallest absolute Gasteiger partial charge is 0.217 e. The molecule has 1 fully saturated rings. The quantitative estimate of drug-likeness (QED) is 0.706. The molecule has 0 spiro atoms. The van der Waals surface area contributed by atoms with Crippen LogP contribution in [0.4, 0.5) is 0 Å². The van der Waals surface area contributed by atoms with E-state index < -0.39 is 10.0 Å². The van der Waals surface area contributed by atoms with Crippen molar-refractivity contribution in [2.75, 3.05) is 31.9 Å². The van der Waals surface area contributed by atoms with Gasteiger partial charge in [-0.05, 0) is 31.8 Å². The number of nitrogens with one attached hydrogen (secondary N) is 1. The summed E-state index contributed by atoms with van der Waals surface area (Å²) < 4.78 is 25.3. The summed E-state index contributed by atoms with van der Waals surface area (Å²) in [4.78, 5) is 0. The van der Waals surface area contributed by atoms with Crippen molar-refractivity contribution in [1.82, 2.24) is 9.62 Å². The van der Waals surface area contributed by atoms with E-state index in [1.165, 1.54) is 6.08 Å². The van der Waals surface area contributed by atoms with Gasteiger partial charge in [0.25, 0.3) is 0 Å². The summed E-state index contributed by atoms with van der Waals surface area (Å²) in [7, 11) is -3.13. The fourth-order valence-electron chi connectivity index (χ4n) is 2.06. The zero-order valence-corrected chi connectivity index (χ0v) is 10.8. The van der Waals surface area contributed by atoms with Crippen molar-refractivity contribution in [3.63, 3.8) is 0 Å². The summed E-state index contributed by atoms with van der Waals surface area (Å²) in [6, 6.07) is 0. The van der Waals surface area contributed by atoms with E-state index in [-0.39, 0.29) is 5.75 Å². The predicted molar refractivity (Wildman–Crippen MR) is 66.8 cm³/mol. The summed E-state index contributed by atoms with van der Waals surface area (Å²) in [5, 5.41) is 3.31. The molecule has 94 valence electrons. The molecule has 1 saturated heterocycles. The van der Waals surface area contributed by atoms with Gasteiger partial charge < -0.3 is 5.32 Å². The van der Waals surface area contributed by atoms with Gasteiger partial charge in [-0.2, -0.15) is 0 Å². The summed E-state index contributed by atoms with van der Waals surface area (Å²) >= 11 is 0.